The highest BCUT2D eigenvalue weighted by Gasteiger charge is 2.19. The van der Waals surface area contributed by atoms with Gasteiger partial charge in [0, 0.05) is 12.1 Å². The Morgan fingerprint density at radius 3 is 2.50 bits per heavy atom. The van der Waals surface area contributed by atoms with Crippen LogP contribution < -0.4 is 11.0 Å². The molecule has 6 nitrogen and oxygen atoms in total. The van der Waals surface area contributed by atoms with Crippen molar-refractivity contribution in [3.63, 3.8) is 0 Å². The maximum atomic E-state index is 12.9. The third kappa shape index (κ3) is 3.67. The monoisotopic (exact) mass is 374 g/mol. The molecule has 134 valence electrons. The molecule has 0 saturated heterocycles. The van der Waals surface area contributed by atoms with Gasteiger partial charge < -0.3 is 5.32 Å². The van der Waals surface area contributed by atoms with Gasteiger partial charge in [-0.15, -0.1) is 5.10 Å². The van der Waals surface area contributed by atoms with E-state index < -0.39 is 18.3 Å². The predicted octanol–water partition coefficient (Wildman–Crippen LogP) is 2.44. The fourth-order valence-electron chi connectivity index (χ4n) is 2.51. The normalized spacial score (nSPS) is 10.7. The summed E-state index contributed by atoms with van der Waals surface area (Å²) in [5.41, 5.74) is 0.584. The zero-order chi connectivity index (χ0) is 18.5. The molecule has 0 unspecified atom stereocenters. The van der Waals surface area contributed by atoms with Gasteiger partial charge in [-0.05, 0) is 12.1 Å². The number of halogens is 2. The fourth-order valence-corrected chi connectivity index (χ4v) is 2.72. The summed E-state index contributed by atoms with van der Waals surface area (Å²) in [5, 5.41) is 7.15. The van der Waals surface area contributed by atoms with E-state index in [1.54, 1.807) is 36.4 Å². The Kier molecular flexibility index (Phi) is 5.48. The smallest absolute Gasteiger partial charge is 0.351 e. The van der Waals surface area contributed by atoms with Crippen LogP contribution in [0, 0.1) is 0 Å². The average Bonchev–Trinajstić information content (AvgIpc) is 2.97. The molecule has 2 aromatic carbocycles. The third-order valence-electron chi connectivity index (χ3n) is 3.69. The first kappa shape index (κ1) is 17.9. The molecule has 26 heavy (non-hydrogen) atoms. The lowest BCUT2D eigenvalue weighted by Gasteiger charge is -2.06. The number of aromatic nitrogens is 3. The topological polar surface area (TPSA) is 68.9 Å². The van der Waals surface area contributed by atoms with E-state index in [2.05, 4.69) is 10.4 Å². The van der Waals surface area contributed by atoms with Gasteiger partial charge in [0.05, 0.1) is 10.7 Å². The van der Waals surface area contributed by atoms with Gasteiger partial charge in [-0.1, -0.05) is 54.1 Å². The highest BCUT2D eigenvalue weighted by atomic mass is 35.5. The second-order valence-electron chi connectivity index (χ2n) is 5.46. The molecule has 0 atom stereocenters. The van der Waals surface area contributed by atoms with Crippen LogP contribution in [0.15, 0.2) is 59.4 Å². The van der Waals surface area contributed by atoms with Gasteiger partial charge in [0.25, 0.3) is 0 Å². The Balaban J connectivity index is 2.10. The molecule has 8 heteroatoms. The van der Waals surface area contributed by atoms with Gasteiger partial charge in [-0.25, -0.2) is 9.18 Å². The Bertz CT molecular complexity index is 969. The lowest BCUT2D eigenvalue weighted by molar-refractivity contribution is -0.121. The van der Waals surface area contributed by atoms with Gasteiger partial charge >= 0.3 is 5.69 Å². The van der Waals surface area contributed by atoms with E-state index in [0.29, 0.717) is 22.1 Å². The third-order valence-corrected chi connectivity index (χ3v) is 4.01. The molecule has 0 saturated carbocycles. The Labute approximate surface area is 153 Å². The molecule has 1 heterocycles. The Hall–Kier alpha value is -2.93. The molecular weight excluding hydrogens is 359 g/mol. The number of carbonyl (C=O) groups is 1. The number of nitrogens with zero attached hydrogens (tertiary/aromatic N) is 3. The lowest BCUT2D eigenvalue weighted by atomic mass is 10.2. The molecule has 0 radical (unpaired) electrons. The number of hydrogen-bond donors (Lipinski definition) is 1. The average molecular weight is 375 g/mol. The zero-order valence-electron chi connectivity index (χ0n) is 13.7. The first-order chi connectivity index (χ1) is 12.6. The predicted molar refractivity (Wildman–Crippen MR) is 97.3 cm³/mol. The summed E-state index contributed by atoms with van der Waals surface area (Å²) in [6, 6.07) is 15.8. The maximum absolute atomic E-state index is 12.9. The first-order valence-corrected chi connectivity index (χ1v) is 8.32. The lowest BCUT2D eigenvalue weighted by Crippen LogP contribution is -2.34. The van der Waals surface area contributed by atoms with Crippen LogP contribution in [0.5, 0.6) is 0 Å². The molecule has 0 bridgehead atoms. The van der Waals surface area contributed by atoms with Crippen molar-refractivity contribution < 1.29 is 9.18 Å². The molecule has 0 fully saturated rings. The van der Waals surface area contributed by atoms with Crippen LogP contribution in [0.25, 0.3) is 17.1 Å². The van der Waals surface area contributed by atoms with E-state index in [-0.39, 0.29) is 13.1 Å². The van der Waals surface area contributed by atoms with Crippen molar-refractivity contribution in [2.75, 3.05) is 13.2 Å². The molecule has 0 aliphatic rings. The highest BCUT2D eigenvalue weighted by molar-refractivity contribution is 6.32. The molecule has 1 amide bonds. The number of rotatable bonds is 6. The standard InChI is InChI=1S/C18H16ClFN4O2/c19-14-8-4-5-9-15(14)24-18(26)23(12-16(25)21-11-10-20)17(22-24)13-6-2-1-3-7-13/h1-9H,10-12H2,(H,21,25). The minimum absolute atomic E-state index is 0.104. The SMILES string of the molecule is O=C(Cn1c(-c2ccccc2)nn(-c2ccccc2Cl)c1=O)NCCF. The minimum atomic E-state index is -0.676. The molecule has 0 aliphatic heterocycles. The fraction of sp³-hybridized carbons (Fsp3) is 0.167. The van der Waals surface area contributed by atoms with Gasteiger partial charge in [0.15, 0.2) is 5.82 Å². The van der Waals surface area contributed by atoms with E-state index in [1.807, 2.05) is 18.2 Å². The molecule has 0 spiro atoms. The van der Waals surface area contributed by atoms with E-state index in [0.717, 1.165) is 4.68 Å². The van der Waals surface area contributed by atoms with Crippen LogP contribution >= 0.6 is 11.6 Å². The second kappa shape index (κ2) is 7.97. The summed E-state index contributed by atoms with van der Waals surface area (Å²) < 4.78 is 14.7. The summed E-state index contributed by atoms with van der Waals surface area (Å²) >= 11 is 6.18. The summed E-state index contributed by atoms with van der Waals surface area (Å²) in [5.74, 6) is -0.147. The van der Waals surface area contributed by atoms with Gasteiger partial charge in [-0.2, -0.15) is 4.68 Å². The van der Waals surface area contributed by atoms with E-state index in [9.17, 15) is 14.0 Å². The number of alkyl halides is 1. The minimum Gasteiger partial charge on any atom is -0.352 e. The zero-order valence-corrected chi connectivity index (χ0v) is 14.5. The molecule has 1 aromatic heterocycles. The number of hydrogen-bond acceptors (Lipinski definition) is 3. The van der Waals surface area contributed by atoms with E-state index >= 15 is 0 Å². The Morgan fingerprint density at radius 1 is 1.12 bits per heavy atom. The number of benzene rings is 2. The van der Waals surface area contributed by atoms with Crippen LogP contribution in [0.4, 0.5) is 4.39 Å². The number of amides is 1. The second-order valence-corrected chi connectivity index (χ2v) is 5.87. The summed E-state index contributed by atoms with van der Waals surface area (Å²) in [6.07, 6.45) is 0. The highest BCUT2D eigenvalue weighted by Crippen LogP contribution is 2.20. The summed E-state index contributed by atoms with van der Waals surface area (Å²) in [6.45, 7) is -1.05. The van der Waals surface area contributed by atoms with Crippen LogP contribution in [-0.2, 0) is 11.3 Å². The quantitative estimate of drug-likeness (QED) is 0.720. The van der Waals surface area contributed by atoms with Crippen molar-refractivity contribution in [1.29, 1.82) is 0 Å². The first-order valence-electron chi connectivity index (χ1n) is 7.94. The summed E-state index contributed by atoms with van der Waals surface area (Å²) in [7, 11) is 0. The molecule has 1 N–H and O–H groups in total. The Morgan fingerprint density at radius 2 is 1.81 bits per heavy atom. The van der Waals surface area contributed by atoms with Gasteiger partial charge in [-0.3, -0.25) is 9.36 Å². The number of nitrogens with one attached hydrogen (secondary N) is 1. The largest absolute Gasteiger partial charge is 0.352 e. The van der Waals surface area contributed by atoms with Crippen molar-refractivity contribution >= 4 is 17.5 Å². The maximum Gasteiger partial charge on any atom is 0.351 e. The van der Waals surface area contributed by atoms with E-state index in [1.165, 1.54) is 4.57 Å². The molecule has 3 rings (SSSR count). The van der Waals surface area contributed by atoms with Gasteiger partial charge in [0.2, 0.25) is 5.91 Å². The summed E-state index contributed by atoms with van der Waals surface area (Å²) in [4.78, 5) is 24.9. The molecule has 3 aromatic rings. The van der Waals surface area contributed by atoms with Crippen molar-refractivity contribution in [1.82, 2.24) is 19.7 Å². The van der Waals surface area contributed by atoms with E-state index in [4.69, 9.17) is 11.6 Å². The van der Waals surface area contributed by atoms with Crippen LogP contribution in [0.1, 0.15) is 0 Å². The number of carbonyl (C=O) groups excluding carboxylic acids is 1. The van der Waals surface area contributed by atoms with Crippen molar-refractivity contribution in [3.8, 4) is 17.1 Å². The molecular formula is C18H16ClFN4O2. The number of para-hydroxylation sites is 1. The van der Waals surface area contributed by atoms with Gasteiger partial charge in [0.1, 0.15) is 13.2 Å². The van der Waals surface area contributed by atoms with Crippen LogP contribution in [-0.4, -0.2) is 33.5 Å². The van der Waals surface area contributed by atoms with Crippen LogP contribution in [0.3, 0.4) is 0 Å². The van der Waals surface area contributed by atoms with Crippen molar-refractivity contribution in [2.24, 2.45) is 0 Å². The van der Waals surface area contributed by atoms with Crippen LogP contribution in [0.2, 0.25) is 5.02 Å². The molecule has 0 aliphatic carbocycles. The van der Waals surface area contributed by atoms with Crippen molar-refractivity contribution in [3.05, 3.63) is 70.1 Å². The van der Waals surface area contributed by atoms with Crippen molar-refractivity contribution in [2.45, 2.75) is 6.54 Å².